The number of hydrogen-bond donors (Lipinski definition) is 1. The van der Waals surface area contributed by atoms with Crippen LogP contribution in [0.15, 0.2) is 22.4 Å². The Balaban J connectivity index is 1.91. The smallest absolute Gasteiger partial charge is 0.225 e. The molecule has 0 amide bonds. The number of anilines is 1. The molecule has 3 aromatic rings. The maximum Gasteiger partial charge on any atom is 0.225 e. The van der Waals surface area contributed by atoms with Gasteiger partial charge in [0.25, 0.3) is 0 Å². The Hall–Kier alpha value is -1.73. The Morgan fingerprint density at radius 3 is 3.18 bits per heavy atom. The second-order valence-corrected chi connectivity index (χ2v) is 4.41. The molecule has 0 bridgehead atoms. The first-order chi connectivity index (χ1) is 8.33. The van der Waals surface area contributed by atoms with Crippen LogP contribution in [0.1, 0.15) is 5.82 Å². The van der Waals surface area contributed by atoms with Gasteiger partial charge in [-0.3, -0.25) is 0 Å². The lowest BCUT2D eigenvalue weighted by Crippen LogP contribution is -2.03. The highest BCUT2D eigenvalue weighted by atomic mass is 35.5. The summed E-state index contributed by atoms with van der Waals surface area (Å²) in [6, 6.07) is 1.94. The Labute approximate surface area is 105 Å². The van der Waals surface area contributed by atoms with Gasteiger partial charge >= 0.3 is 0 Å². The van der Waals surface area contributed by atoms with Gasteiger partial charge in [-0.2, -0.15) is 4.98 Å². The van der Waals surface area contributed by atoms with Crippen LogP contribution in [0.5, 0.6) is 0 Å². The first-order valence-corrected chi connectivity index (χ1v) is 5.98. The molecule has 86 valence electrons. The van der Waals surface area contributed by atoms with Gasteiger partial charge in [0, 0.05) is 0 Å². The third-order valence-electron chi connectivity index (χ3n) is 2.12. The Bertz CT molecular complexity index is 638. The predicted octanol–water partition coefficient (Wildman–Crippen LogP) is 2.34. The normalized spacial score (nSPS) is 10.9. The van der Waals surface area contributed by atoms with Crippen LogP contribution in [0.25, 0.3) is 10.2 Å². The molecule has 0 aliphatic heterocycles. The van der Waals surface area contributed by atoms with E-state index in [9.17, 15) is 0 Å². The molecule has 8 heteroatoms. The van der Waals surface area contributed by atoms with E-state index in [0.717, 1.165) is 10.2 Å². The van der Waals surface area contributed by atoms with E-state index in [1.165, 1.54) is 17.7 Å². The van der Waals surface area contributed by atoms with E-state index in [4.69, 9.17) is 11.6 Å². The molecular weight excluding hydrogens is 262 g/mol. The van der Waals surface area contributed by atoms with Crippen molar-refractivity contribution in [1.29, 1.82) is 0 Å². The van der Waals surface area contributed by atoms with E-state index >= 15 is 0 Å². The van der Waals surface area contributed by atoms with Crippen molar-refractivity contribution in [2.75, 3.05) is 5.32 Å². The quantitative estimate of drug-likeness (QED) is 0.734. The van der Waals surface area contributed by atoms with Gasteiger partial charge in [-0.1, -0.05) is 5.16 Å². The van der Waals surface area contributed by atoms with E-state index in [-0.39, 0.29) is 5.28 Å². The molecule has 0 aromatic carbocycles. The standard InChI is InChI=1S/C9H6ClN5OS/c10-9-13-7(5-1-2-17-8(5)14-9)11-3-6-12-4-16-15-6/h1-2,4H,3H2,(H,11,13,14). The number of nitrogens with one attached hydrogen (secondary N) is 1. The predicted molar refractivity (Wildman–Crippen MR) is 64.0 cm³/mol. The zero-order valence-electron chi connectivity index (χ0n) is 8.42. The van der Waals surface area contributed by atoms with Crippen LogP contribution in [0, 0.1) is 0 Å². The van der Waals surface area contributed by atoms with E-state index in [0.29, 0.717) is 18.2 Å². The van der Waals surface area contributed by atoms with E-state index in [2.05, 4.69) is 29.9 Å². The molecule has 0 saturated carbocycles. The number of fused-ring (bicyclic) bond motifs is 1. The summed E-state index contributed by atoms with van der Waals surface area (Å²) in [5.41, 5.74) is 0. The molecule has 17 heavy (non-hydrogen) atoms. The van der Waals surface area contributed by atoms with Crippen molar-refractivity contribution < 1.29 is 4.52 Å². The molecule has 0 fully saturated rings. The molecule has 1 N–H and O–H groups in total. The van der Waals surface area contributed by atoms with Crippen LogP contribution in [0.4, 0.5) is 5.82 Å². The van der Waals surface area contributed by atoms with Gasteiger partial charge in [0.1, 0.15) is 10.6 Å². The average Bonchev–Trinajstić information content (AvgIpc) is 2.95. The third-order valence-corrected chi connectivity index (χ3v) is 3.09. The number of thiophene rings is 1. The first kappa shape index (κ1) is 10.4. The zero-order valence-corrected chi connectivity index (χ0v) is 9.99. The van der Waals surface area contributed by atoms with Gasteiger partial charge in [-0.25, -0.2) is 9.97 Å². The van der Waals surface area contributed by atoms with Crippen molar-refractivity contribution in [1.82, 2.24) is 20.1 Å². The van der Waals surface area contributed by atoms with E-state index in [1.54, 1.807) is 0 Å². The van der Waals surface area contributed by atoms with Gasteiger partial charge < -0.3 is 9.84 Å². The molecule has 0 unspecified atom stereocenters. The minimum absolute atomic E-state index is 0.218. The van der Waals surface area contributed by atoms with Crippen LogP contribution in [0.3, 0.4) is 0 Å². The minimum Gasteiger partial charge on any atom is -0.362 e. The average molecular weight is 268 g/mol. The summed E-state index contributed by atoms with van der Waals surface area (Å²) < 4.78 is 4.64. The second-order valence-electron chi connectivity index (χ2n) is 3.18. The molecule has 0 atom stereocenters. The maximum absolute atomic E-state index is 5.84. The fourth-order valence-corrected chi connectivity index (χ4v) is 2.38. The summed E-state index contributed by atoms with van der Waals surface area (Å²) in [5.74, 6) is 1.23. The lowest BCUT2D eigenvalue weighted by atomic mass is 10.4. The number of rotatable bonds is 3. The molecule has 0 aliphatic rings. The highest BCUT2D eigenvalue weighted by molar-refractivity contribution is 7.16. The van der Waals surface area contributed by atoms with Crippen LogP contribution in [0.2, 0.25) is 5.28 Å². The highest BCUT2D eigenvalue weighted by Crippen LogP contribution is 2.26. The summed E-state index contributed by atoms with van der Waals surface area (Å²) in [7, 11) is 0. The second kappa shape index (κ2) is 4.27. The minimum atomic E-state index is 0.218. The summed E-state index contributed by atoms with van der Waals surface area (Å²) in [6.45, 7) is 0.425. The SMILES string of the molecule is Clc1nc(NCc2ncon2)c2ccsc2n1. The van der Waals surface area contributed by atoms with Crippen LogP contribution >= 0.6 is 22.9 Å². The van der Waals surface area contributed by atoms with Crippen molar-refractivity contribution in [3.63, 3.8) is 0 Å². The summed E-state index contributed by atoms with van der Waals surface area (Å²) in [5, 5.41) is 9.89. The van der Waals surface area contributed by atoms with Crippen molar-refractivity contribution in [3.8, 4) is 0 Å². The fraction of sp³-hybridized carbons (Fsp3) is 0.111. The Morgan fingerprint density at radius 1 is 1.41 bits per heavy atom. The van der Waals surface area contributed by atoms with Gasteiger partial charge in [0.2, 0.25) is 11.7 Å². The molecule has 3 heterocycles. The molecule has 0 radical (unpaired) electrons. The fourth-order valence-electron chi connectivity index (χ4n) is 1.40. The molecule has 0 saturated heterocycles. The highest BCUT2D eigenvalue weighted by Gasteiger charge is 2.08. The maximum atomic E-state index is 5.84. The molecule has 0 aliphatic carbocycles. The molecule has 6 nitrogen and oxygen atoms in total. The van der Waals surface area contributed by atoms with Crippen LogP contribution in [-0.4, -0.2) is 20.1 Å². The van der Waals surface area contributed by atoms with Crippen LogP contribution < -0.4 is 5.32 Å². The van der Waals surface area contributed by atoms with Crippen molar-refractivity contribution >= 4 is 39.0 Å². The number of halogens is 1. The van der Waals surface area contributed by atoms with Crippen LogP contribution in [-0.2, 0) is 6.54 Å². The van der Waals surface area contributed by atoms with Gasteiger partial charge in [0.05, 0.1) is 11.9 Å². The van der Waals surface area contributed by atoms with Crippen molar-refractivity contribution in [3.05, 3.63) is 28.9 Å². The van der Waals surface area contributed by atoms with Crippen molar-refractivity contribution in [2.24, 2.45) is 0 Å². The van der Waals surface area contributed by atoms with Gasteiger partial charge in [-0.15, -0.1) is 11.3 Å². The van der Waals surface area contributed by atoms with Gasteiger partial charge in [0.15, 0.2) is 5.82 Å². The van der Waals surface area contributed by atoms with E-state index in [1.807, 2.05) is 11.4 Å². The lowest BCUT2D eigenvalue weighted by Gasteiger charge is -2.04. The molecule has 3 aromatic heterocycles. The molecular formula is C9H6ClN5OS. The Morgan fingerprint density at radius 2 is 2.35 bits per heavy atom. The zero-order chi connectivity index (χ0) is 11.7. The Kier molecular flexibility index (Phi) is 2.62. The van der Waals surface area contributed by atoms with E-state index < -0.39 is 0 Å². The van der Waals surface area contributed by atoms with Crippen molar-refractivity contribution in [2.45, 2.75) is 6.54 Å². The number of hydrogen-bond acceptors (Lipinski definition) is 7. The monoisotopic (exact) mass is 267 g/mol. The summed E-state index contributed by atoms with van der Waals surface area (Å²) in [4.78, 5) is 13.0. The molecule has 3 rings (SSSR count). The third kappa shape index (κ3) is 2.06. The molecule has 0 spiro atoms. The summed E-state index contributed by atoms with van der Waals surface area (Å²) in [6.07, 6.45) is 1.28. The lowest BCUT2D eigenvalue weighted by molar-refractivity contribution is 0.411. The summed E-state index contributed by atoms with van der Waals surface area (Å²) >= 11 is 7.35. The first-order valence-electron chi connectivity index (χ1n) is 4.73. The number of aromatic nitrogens is 4. The topological polar surface area (TPSA) is 76.7 Å². The largest absolute Gasteiger partial charge is 0.362 e. The van der Waals surface area contributed by atoms with Gasteiger partial charge in [-0.05, 0) is 23.0 Å². The number of nitrogens with zero attached hydrogens (tertiary/aromatic N) is 4.